The van der Waals surface area contributed by atoms with Crippen molar-refractivity contribution in [1.82, 2.24) is 5.32 Å². The summed E-state index contributed by atoms with van der Waals surface area (Å²) in [6.07, 6.45) is 0. The minimum absolute atomic E-state index is 0.116. The number of amides is 2. The van der Waals surface area contributed by atoms with Crippen molar-refractivity contribution in [3.05, 3.63) is 57.6 Å². The number of carbonyl (C=O) groups is 2. The number of nitrogens with one attached hydrogen (secondary N) is 2. The third-order valence-electron chi connectivity index (χ3n) is 3.89. The summed E-state index contributed by atoms with van der Waals surface area (Å²) in [5.41, 5.74) is 4.77. The average Bonchev–Trinajstić information content (AvgIpc) is 2.57. The van der Waals surface area contributed by atoms with Gasteiger partial charge in [-0.3, -0.25) is 9.59 Å². The second-order valence-electron chi connectivity index (χ2n) is 6.30. The number of rotatable bonds is 6. The van der Waals surface area contributed by atoms with E-state index in [-0.39, 0.29) is 25.0 Å². The maximum absolute atomic E-state index is 12.1. The summed E-state index contributed by atoms with van der Waals surface area (Å²) in [7, 11) is 0. The van der Waals surface area contributed by atoms with Gasteiger partial charge in [0.05, 0.1) is 6.54 Å². The van der Waals surface area contributed by atoms with E-state index in [2.05, 4.69) is 10.6 Å². The Morgan fingerprint density at radius 1 is 0.962 bits per heavy atom. The van der Waals surface area contributed by atoms with Crippen LogP contribution in [0.25, 0.3) is 0 Å². The second-order valence-corrected chi connectivity index (χ2v) is 6.71. The molecule has 0 fully saturated rings. The molecule has 0 radical (unpaired) electrons. The molecular formula is C20H23ClN2O3. The zero-order valence-corrected chi connectivity index (χ0v) is 16.2. The summed E-state index contributed by atoms with van der Waals surface area (Å²) in [4.78, 5) is 23.9. The lowest BCUT2D eigenvalue weighted by Gasteiger charge is -2.13. The largest absolute Gasteiger partial charge is 0.484 e. The molecule has 0 aliphatic rings. The fourth-order valence-corrected chi connectivity index (χ4v) is 2.76. The van der Waals surface area contributed by atoms with E-state index in [0.717, 1.165) is 27.9 Å². The summed E-state index contributed by atoms with van der Waals surface area (Å²) in [5.74, 6) is -0.0988. The smallest absolute Gasteiger partial charge is 0.258 e. The minimum atomic E-state index is -0.370. The van der Waals surface area contributed by atoms with Gasteiger partial charge in [-0.2, -0.15) is 0 Å². The molecule has 26 heavy (non-hydrogen) atoms. The van der Waals surface area contributed by atoms with E-state index in [1.165, 1.54) is 0 Å². The van der Waals surface area contributed by atoms with Crippen LogP contribution in [-0.2, 0) is 9.59 Å². The Morgan fingerprint density at radius 2 is 1.62 bits per heavy atom. The maximum atomic E-state index is 12.1. The summed E-state index contributed by atoms with van der Waals surface area (Å²) in [5, 5.41) is 6.03. The molecule has 0 saturated carbocycles. The van der Waals surface area contributed by atoms with Gasteiger partial charge in [0.1, 0.15) is 5.75 Å². The quantitative estimate of drug-likeness (QED) is 0.810. The van der Waals surface area contributed by atoms with Crippen LogP contribution in [0.3, 0.4) is 0 Å². The molecule has 2 amide bonds. The lowest BCUT2D eigenvalue weighted by molar-refractivity contribution is -0.125. The first-order valence-corrected chi connectivity index (χ1v) is 8.67. The molecule has 0 heterocycles. The van der Waals surface area contributed by atoms with Crippen molar-refractivity contribution < 1.29 is 14.3 Å². The fourth-order valence-electron chi connectivity index (χ4n) is 2.65. The first kappa shape index (κ1) is 19.8. The van der Waals surface area contributed by atoms with Crippen molar-refractivity contribution in [2.75, 3.05) is 18.5 Å². The SMILES string of the molecule is Cc1cc(C)c(NC(=O)CNC(=O)COc2ccc(Cl)c(C)c2)c(C)c1. The Kier molecular flexibility index (Phi) is 6.64. The van der Waals surface area contributed by atoms with Gasteiger partial charge in [-0.15, -0.1) is 0 Å². The standard InChI is InChI=1S/C20H23ClN2O3/c1-12-7-14(3)20(15(4)8-12)23-18(24)10-22-19(25)11-26-16-5-6-17(21)13(2)9-16/h5-9H,10-11H2,1-4H3,(H,22,25)(H,23,24). The lowest BCUT2D eigenvalue weighted by atomic mass is 10.1. The van der Waals surface area contributed by atoms with Crippen LogP contribution in [-0.4, -0.2) is 25.0 Å². The van der Waals surface area contributed by atoms with Gasteiger partial charge in [0.15, 0.2) is 6.61 Å². The molecule has 0 atom stereocenters. The first-order chi connectivity index (χ1) is 12.3. The summed E-state index contributed by atoms with van der Waals surface area (Å²) in [6, 6.07) is 9.17. The Labute approximate surface area is 158 Å². The number of hydrogen-bond donors (Lipinski definition) is 2. The molecule has 0 aliphatic carbocycles. The Hall–Kier alpha value is -2.53. The topological polar surface area (TPSA) is 67.4 Å². The zero-order valence-electron chi connectivity index (χ0n) is 15.4. The third-order valence-corrected chi connectivity index (χ3v) is 4.31. The van der Waals surface area contributed by atoms with Gasteiger partial charge in [0.2, 0.25) is 5.91 Å². The van der Waals surface area contributed by atoms with Crippen LogP contribution in [0.5, 0.6) is 5.75 Å². The van der Waals surface area contributed by atoms with Crippen molar-refractivity contribution in [2.24, 2.45) is 0 Å². The molecule has 138 valence electrons. The monoisotopic (exact) mass is 374 g/mol. The number of hydrogen-bond acceptors (Lipinski definition) is 3. The van der Waals surface area contributed by atoms with Crippen LogP contribution in [0.2, 0.25) is 5.02 Å². The highest BCUT2D eigenvalue weighted by Gasteiger charge is 2.10. The molecule has 2 rings (SSSR count). The van der Waals surface area contributed by atoms with E-state index in [9.17, 15) is 9.59 Å². The van der Waals surface area contributed by atoms with Gasteiger partial charge < -0.3 is 15.4 Å². The number of benzene rings is 2. The van der Waals surface area contributed by atoms with Crippen molar-refractivity contribution in [2.45, 2.75) is 27.7 Å². The normalized spacial score (nSPS) is 10.3. The Morgan fingerprint density at radius 3 is 2.23 bits per heavy atom. The maximum Gasteiger partial charge on any atom is 0.258 e. The van der Waals surface area contributed by atoms with Gasteiger partial charge >= 0.3 is 0 Å². The van der Waals surface area contributed by atoms with Crippen molar-refractivity contribution >= 4 is 29.1 Å². The van der Waals surface area contributed by atoms with Crippen LogP contribution in [0, 0.1) is 27.7 Å². The average molecular weight is 375 g/mol. The predicted octanol–water partition coefficient (Wildman–Crippen LogP) is 3.71. The Balaban J connectivity index is 1.81. The highest BCUT2D eigenvalue weighted by molar-refractivity contribution is 6.31. The van der Waals surface area contributed by atoms with E-state index < -0.39 is 0 Å². The van der Waals surface area contributed by atoms with E-state index >= 15 is 0 Å². The van der Waals surface area contributed by atoms with Crippen LogP contribution >= 0.6 is 11.6 Å². The number of halogens is 1. The zero-order chi connectivity index (χ0) is 19.3. The summed E-state index contributed by atoms with van der Waals surface area (Å²) >= 11 is 5.95. The third kappa shape index (κ3) is 5.49. The molecule has 0 spiro atoms. The number of carbonyl (C=O) groups excluding carboxylic acids is 2. The molecule has 0 bridgehead atoms. The molecule has 0 unspecified atom stereocenters. The molecule has 2 aromatic rings. The number of anilines is 1. The van der Waals surface area contributed by atoms with Gasteiger partial charge in [0, 0.05) is 10.7 Å². The molecule has 2 aromatic carbocycles. The van der Waals surface area contributed by atoms with E-state index in [4.69, 9.17) is 16.3 Å². The predicted molar refractivity (Wildman–Crippen MR) is 104 cm³/mol. The second kappa shape index (κ2) is 8.72. The molecule has 0 aromatic heterocycles. The fraction of sp³-hybridized carbons (Fsp3) is 0.300. The van der Waals surface area contributed by atoms with Crippen molar-refractivity contribution in [3.63, 3.8) is 0 Å². The molecule has 0 aliphatic heterocycles. The summed E-state index contributed by atoms with van der Waals surface area (Å²) in [6.45, 7) is 7.46. The van der Waals surface area contributed by atoms with E-state index in [1.54, 1.807) is 18.2 Å². The highest BCUT2D eigenvalue weighted by atomic mass is 35.5. The van der Waals surface area contributed by atoms with Gasteiger partial charge in [-0.05, 0) is 62.6 Å². The van der Waals surface area contributed by atoms with Crippen LogP contribution in [0.15, 0.2) is 30.3 Å². The summed E-state index contributed by atoms with van der Waals surface area (Å²) < 4.78 is 5.40. The molecule has 0 saturated heterocycles. The van der Waals surface area contributed by atoms with Crippen LogP contribution < -0.4 is 15.4 Å². The van der Waals surface area contributed by atoms with Gasteiger partial charge in [-0.1, -0.05) is 29.3 Å². The molecule has 5 nitrogen and oxygen atoms in total. The Bertz CT molecular complexity index is 811. The van der Waals surface area contributed by atoms with Crippen molar-refractivity contribution in [1.29, 1.82) is 0 Å². The van der Waals surface area contributed by atoms with Crippen LogP contribution in [0.1, 0.15) is 22.3 Å². The number of aryl methyl sites for hydroxylation is 4. The lowest BCUT2D eigenvalue weighted by Crippen LogP contribution is -2.36. The number of ether oxygens (including phenoxy) is 1. The van der Waals surface area contributed by atoms with Gasteiger partial charge in [0.25, 0.3) is 5.91 Å². The molecule has 2 N–H and O–H groups in total. The molecule has 6 heteroatoms. The van der Waals surface area contributed by atoms with Gasteiger partial charge in [-0.25, -0.2) is 0 Å². The highest BCUT2D eigenvalue weighted by Crippen LogP contribution is 2.22. The van der Waals surface area contributed by atoms with E-state index in [1.807, 2.05) is 39.8 Å². The van der Waals surface area contributed by atoms with Crippen molar-refractivity contribution in [3.8, 4) is 5.75 Å². The minimum Gasteiger partial charge on any atom is -0.484 e. The van der Waals surface area contributed by atoms with Crippen LogP contribution in [0.4, 0.5) is 5.69 Å². The van der Waals surface area contributed by atoms with E-state index in [0.29, 0.717) is 10.8 Å². The molecular weight excluding hydrogens is 352 g/mol. The first-order valence-electron chi connectivity index (χ1n) is 8.29.